The second kappa shape index (κ2) is 3.47. The maximum Gasteiger partial charge on any atom is 0.493 e. The Balaban J connectivity index is 3.60. The lowest BCUT2D eigenvalue weighted by Gasteiger charge is -2.08. The van der Waals surface area contributed by atoms with Crippen LogP contribution in [-0.2, 0) is 0 Å². The van der Waals surface area contributed by atoms with Crippen LogP contribution >= 0.6 is 0 Å². The molecule has 0 unspecified atom stereocenters. The van der Waals surface area contributed by atoms with Gasteiger partial charge in [-0.25, -0.2) is 17.6 Å². The second-order valence-corrected chi connectivity index (χ2v) is 2.46. The highest BCUT2D eigenvalue weighted by atomic mass is 19.2. The highest BCUT2D eigenvalue weighted by Gasteiger charge is 2.29. The molecular weight excluding hydrogens is 205 g/mol. The van der Waals surface area contributed by atoms with Crippen molar-refractivity contribution in [3.63, 3.8) is 0 Å². The van der Waals surface area contributed by atoms with Crippen LogP contribution < -0.4 is 11.2 Å². The molecule has 3 nitrogen and oxygen atoms in total. The largest absolute Gasteiger partial charge is 0.493 e. The molecule has 1 aromatic carbocycles. The number of nitrogen functional groups attached to an aromatic ring is 1. The summed E-state index contributed by atoms with van der Waals surface area (Å²) >= 11 is 0. The van der Waals surface area contributed by atoms with E-state index in [2.05, 4.69) is 0 Å². The molecule has 0 amide bonds. The van der Waals surface area contributed by atoms with Gasteiger partial charge in [0.1, 0.15) is 0 Å². The number of hydrogen-bond donors (Lipinski definition) is 3. The zero-order valence-corrected chi connectivity index (χ0v) is 6.56. The summed E-state index contributed by atoms with van der Waals surface area (Å²) in [5.41, 5.74) is 2.42. The predicted octanol–water partition coefficient (Wildman–Crippen LogP) is -0.495. The molecule has 0 aliphatic carbocycles. The first kappa shape index (κ1) is 10.8. The Labute approximate surface area is 75.9 Å². The molecule has 0 saturated carbocycles. The van der Waals surface area contributed by atoms with E-state index in [0.29, 0.717) is 0 Å². The number of hydrogen-bond acceptors (Lipinski definition) is 3. The lowest BCUT2D eigenvalue weighted by atomic mass is 9.78. The summed E-state index contributed by atoms with van der Waals surface area (Å²) in [5.74, 6) is -8.01. The van der Waals surface area contributed by atoms with Crippen molar-refractivity contribution in [1.29, 1.82) is 0 Å². The van der Waals surface area contributed by atoms with Gasteiger partial charge in [-0.05, 0) is 0 Å². The summed E-state index contributed by atoms with van der Waals surface area (Å²) in [7, 11) is -2.51. The highest BCUT2D eigenvalue weighted by Crippen LogP contribution is 2.18. The third-order valence-corrected chi connectivity index (χ3v) is 1.60. The van der Waals surface area contributed by atoms with Crippen LogP contribution in [0.5, 0.6) is 0 Å². The Morgan fingerprint density at radius 2 is 1.29 bits per heavy atom. The minimum absolute atomic E-state index is 1.17. The van der Waals surface area contributed by atoms with Gasteiger partial charge in [-0.15, -0.1) is 0 Å². The summed E-state index contributed by atoms with van der Waals surface area (Å²) in [6.07, 6.45) is 0. The van der Waals surface area contributed by atoms with E-state index in [0.717, 1.165) is 0 Å². The van der Waals surface area contributed by atoms with E-state index in [-0.39, 0.29) is 0 Å². The van der Waals surface area contributed by atoms with Gasteiger partial charge in [-0.3, -0.25) is 0 Å². The van der Waals surface area contributed by atoms with Crippen LogP contribution in [0, 0.1) is 23.3 Å². The molecule has 0 aromatic heterocycles. The Morgan fingerprint density at radius 1 is 0.857 bits per heavy atom. The fourth-order valence-electron chi connectivity index (χ4n) is 0.918. The molecule has 0 bridgehead atoms. The summed E-state index contributed by atoms with van der Waals surface area (Å²) in [4.78, 5) is 0. The van der Waals surface area contributed by atoms with Crippen molar-refractivity contribution in [1.82, 2.24) is 0 Å². The van der Waals surface area contributed by atoms with E-state index in [4.69, 9.17) is 15.8 Å². The van der Waals surface area contributed by atoms with E-state index in [9.17, 15) is 17.6 Å². The SMILES string of the molecule is Nc1c(F)c(F)c(F)c(F)c1B(O)O. The first-order chi connectivity index (χ1) is 6.37. The van der Waals surface area contributed by atoms with Crippen molar-refractivity contribution in [2.45, 2.75) is 0 Å². The van der Waals surface area contributed by atoms with Crippen molar-refractivity contribution in [3.8, 4) is 0 Å². The second-order valence-electron chi connectivity index (χ2n) is 2.46. The zero-order chi connectivity index (χ0) is 11.0. The molecule has 0 fully saturated rings. The average Bonchev–Trinajstić information content (AvgIpc) is 2.11. The molecule has 1 rings (SSSR count). The molecule has 76 valence electrons. The number of nitrogens with two attached hydrogens (primary N) is 1. The van der Waals surface area contributed by atoms with Crippen LogP contribution in [0.3, 0.4) is 0 Å². The van der Waals surface area contributed by atoms with Gasteiger partial charge < -0.3 is 15.8 Å². The van der Waals surface area contributed by atoms with Crippen LogP contribution in [-0.4, -0.2) is 17.2 Å². The van der Waals surface area contributed by atoms with E-state index in [1.807, 2.05) is 0 Å². The van der Waals surface area contributed by atoms with Crippen molar-refractivity contribution in [3.05, 3.63) is 23.3 Å². The molecule has 0 radical (unpaired) electrons. The fraction of sp³-hybridized carbons (Fsp3) is 0. The average molecular weight is 209 g/mol. The fourth-order valence-corrected chi connectivity index (χ4v) is 0.918. The quantitative estimate of drug-likeness (QED) is 0.192. The Hall–Kier alpha value is -1.28. The molecule has 0 saturated heterocycles. The van der Waals surface area contributed by atoms with E-state index < -0.39 is 41.5 Å². The molecule has 4 N–H and O–H groups in total. The summed E-state index contributed by atoms with van der Waals surface area (Å²) < 4.78 is 50.4. The lowest BCUT2D eigenvalue weighted by molar-refractivity contribution is 0.401. The van der Waals surface area contributed by atoms with Crippen molar-refractivity contribution in [2.75, 3.05) is 5.73 Å². The first-order valence-electron chi connectivity index (χ1n) is 3.35. The van der Waals surface area contributed by atoms with E-state index in [1.165, 1.54) is 0 Å². The van der Waals surface area contributed by atoms with Crippen LogP contribution in [0.25, 0.3) is 0 Å². The third kappa shape index (κ3) is 1.42. The summed E-state index contributed by atoms with van der Waals surface area (Å²) in [6.45, 7) is 0. The first-order valence-corrected chi connectivity index (χ1v) is 3.35. The van der Waals surface area contributed by atoms with Crippen molar-refractivity contribution >= 4 is 18.3 Å². The van der Waals surface area contributed by atoms with Gasteiger partial charge in [0.25, 0.3) is 0 Å². The van der Waals surface area contributed by atoms with Gasteiger partial charge in [0.05, 0.1) is 5.69 Å². The standard InChI is InChI=1S/C6H4BF4NO2/c8-2-1(7(13)14)6(12)5(11)4(10)3(2)9/h13-14H,12H2. The van der Waals surface area contributed by atoms with Crippen LogP contribution in [0.1, 0.15) is 0 Å². The van der Waals surface area contributed by atoms with Crippen LogP contribution in [0.4, 0.5) is 23.2 Å². The Kier molecular flexibility index (Phi) is 2.67. The Bertz CT molecular complexity index is 356. The zero-order valence-electron chi connectivity index (χ0n) is 6.56. The number of benzene rings is 1. The van der Waals surface area contributed by atoms with Gasteiger partial charge in [0, 0.05) is 5.46 Å². The van der Waals surface area contributed by atoms with E-state index >= 15 is 0 Å². The van der Waals surface area contributed by atoms with Gasteiger partial charge in [0.15, 0.2) is 23.3 Å². The van der Waals surface area contributed by atoms with Crippen molar-refractivity contribution in [2.24, 2.45) is 0 Å². The smallest absolute Gasteiger partial charge is 0.423 e. The van der Waals surface area contributed by atoms with Gasteiger partial charge in [-0.2, -0.15) is 0 Å². The number of anilines is 1. The molecular formula is C6H4BF4NO2. The van der Waals surface area contributed by atoms with Gasteiger partial charge in [-0.1, -0.05) is 0 Å². The predicted molar refractivity (Wildman–Crippen MR) is 40.5 cm³/mol. The minimum atomic E-state index is -2.51. The number of halogens is 4. The molecule has 14 heavy (non-hydrogen) atoms. The minimum Gasteiger partial charge on any atom is -0.423 e. The van der Waals surface area contributed by atoms with Crippen LogP contribution in [0.2, 0.25) is 0 Å². The summed E-state index contributed by atoms with van der Waals surface area (Å²) in [6, 6.07) is 0. The van der Waals surface area contributed by atoms with Crippen molar-refractivity contribution < 1.29 is 27.6 Å². The van der Waals surface area contributed by atoms with Gasteiger partial charge in [0.2, 0.25) is 0 Å². The molecule has 0 aliphatic heterocycles. The molecule has 8 heteroatoms. The molecule has 0 atom stereocenters. The Morgan fingerprint density at radius 3 is 1.71 bits per heavy atom. The monoisotopic (exact) mass is 209 g/mol. The highest BCUT2D eigenvalue weighted by molar-refractivity contribution is 6.60. The number of rotatable bonds is 1. The van der Waals surface area contributed by atoms with Gasteiger partial charge >= 0.3 is 7.12 Å². The molecule has 0 spiro atoms. The summed E-state index contributed by atoms with van der Waals surface area (Å²) in [5, 5.41) is 17.0. The lowest BCUT2D eigenvalue weighted by Crippen LogP contribution is -2.37. The molecule has 0 heterocycles. The topological polar surface area (TPSA) is 66.5 Å². The van der Waals surface area contributed by atoms with Crippen LogP contribution in [0.15, 0.2) is 0 Å². The normalized spacial score (nSPS) is 10.4. The third-order valence-electron chi connectivity index (χ3n) is 1.60. The molecule has 1 aromatic rings. The maximum atomic E-state index is 12.8. The molecule has 0 aliphatic rings. The maximum absolute atomic E-state index is 12.8. The van der Waals surface area contributed by atoms with E-state index in [1.54, 1.807) is 0 Å².